The highest BCUT2D eigenvalue weighted by atomic mass is 32.2. The van der Waals surface area contributed by atoms with Gasteiger partial charge in [-0.15, -0.1) is 0 Å². The van der Waals surface area contributed by atoms with Gasteiger partial charge in [-0.2, -0.15) is 0 Å². The number of rotatable bonds is 6. The summed E-state index contributed by atoms with van der Waals surface area (Å²) in [5.74, 6) is -3.51. The van der Waals surface area contributed by atoms with Crippen molar-refractivity contribution in [3.05, 3.63) is 59.4 Å². The summed E-state index contributed by atoms with van der Waals surface area (Å²) in [5, 5.41) is 10.2. The van der Waals surface area contributed by atoms with Crippen LogP contribution in [0.5, 0.6) is 0 Å². The fourth-order valence-corrected chi connectivity index (χ4v) is 5.12. The zero-order valence-electron chi connectivity index (χ0n) is 19.1. The minimum Gasteiger partial charge on any atom is -0.381 e. The number of nitrogens with zero attached hydrogens (tertiary/aromatic N) is 1. The molecule has 1 saturated heterocycles. The lowest BCUT2D eigenvalue weighted by Crippen LogP contribution is -2.54. The molecular weight excluding hydrogens is 476 g/mol. The average molecular weight is 503 g/mol. The Morgan fingerprint density at radius 3 is 2.32 bits per heavy atom. The van der Waals surface area contributed by atoms with Gasteiger partial charge in [0.1, 0.15) is 28.7 Å². The van der Waals surface area contributed by atoms with E-state index in [1.54, 1.807) is 0 Å². The highest BCUT2D eigenvalue weighted by molar-refractivity contribution is 7.88. The molecule has 0 aliphatic carbocycles. The quantitative estimate of drug-likeness (QED) is 0.595. The summed E-state index contributed by atoms with van der Waals surface area (Å²) < 4.78 is 84.4. The molecule has 186 valence electrons. The summed E-state index contributed by atoms with van der Waals surface area (Å²) in [5.41, 5.74) is -4.33. The zero-order valence-corrected chi connectivity index (χ0v) is 19.9. The third kappa shape index (κ3) is 5.59. The van der Waals surface area contributed by atoms with Gasteiger partial charge in [-0.05, 0) is 50.5 Å². The van der Waals surface area contributed by atoms with Gasteiger partial charge in [-0.1, -0.05) is 18.2 Å². The standard InChI is InChI=1S/C23H26F4N2O4S/c1-22(2,31)21(30)29-12-23(3,27)20(28-34(4,32)33)18(29)10-13-6-5-7-17(19(13)26)14-8-15(24)11-16(25)9-14/h5-9,11,18,20,28,31H,10,12H2,1-4H3/t18-,20+,23+/m0/s1. The Hall–Kier alpha value is -2.50. The molecule has 0 radical (unpaired) electrons. The normalized spacial score (nSPS) is 23.4. The van der Waals surface area contributed by atoms with E-state index >= 15 is 8.78 Å². The number of carbonyl (C=O) groups excluding carboxylic acids is 1. The number of aliphatic hydroxyl groups is 1. The average Bonchev–Trinajstić information content (AvgIpc) is 2.90. The number of carbonyl (C=O) groups is 1. The van der Waals surface area contributed by atoms with Gasteiger partial charge in [-0.3, -0.25) is 4.79 Å². The molecule has 11 heteroatoms. The van der Waals surface area contributed by atoms with Crippen molar-refractivity contribution in [1.29, 1.82) is 0 Å². The fourth-order valence-electron chi connectivity index (χ4n) is 4.26. The Morgan fingerprint density at radius 1 is 1.21 bits per heavy atom. The second-order valence-electron chi connectivity index (χ2n) is 9.35. The molecule has 0 unspecified atom stereocenters. The Bertz CT molecular complexity index is 1190. The number of benzene rings is 2. The molecule has 2 N–H and O–H groups in total. The Morgan fingerprint density at radius 2 is 1.79 bits per heavy atom. The van der Waals surface area contributed by atoms with Crippen molar-refractivity contribution in [3.8, 4) is 11.1 Å². The van der Waals surface area contributed by atoms with Crippen molar-refractivity contribution >= 4 is 15.9 Å². The number of amides is 1. The van der Waals surface area contributed by atoms with Gasteiger partial charge in [0.2, 0.25) is 10.0 Å². The molecule has 1 aliphatic heterocycles. The van der Waals surface area contributed by atoms with E-state index in [9.17, 15) is 27.1 Å². The molecule has 3 atom stereocenters. The van der Waals surface area contributed by atoms with Crippen LogP contribution in [0.4, 0.5) is 17.6 Å². The molecule has 1 aliphatic rings. The molecule has 0 bridgehead atoms. The highest BCUT2D eigenvalue weighted by Crippen LogP contribution is 2.36. The second-order valence-corrected chi connectivity index (χ2v) is 11.1. The minimum atomic E-state index is -3.93. The molecule has 0 saturated carbocycles. The van der Waals surface area contributed by atoms with Gasteiger partial charge in [0.05, 0.1) is 24.9 Å². The molecule has 3 rings (SSSR count). The van der Waals surface area contributed by atoms with E-state index in [1.807, 2.05) is 0 Å². The predicted molar refractivity (Wildman–Crippen MR) is 119 cm³/mol. The first-order valence-electron chi connectivity index (χ1n) is 10.4. The first-order chi connectivity index (χ1) is 15.5. The van der Waals surface area contributed by atoms with Crippen LogP contribution in [-0.4, -0.2) is 60.5 Å². The van der Waals surface area contributed by atoms with Crippen LogP contribution < -0.4 is 4.72 Å². The molecule has 1 amide bonds. The lowest BCUT2D eigenvalue weighted by molar-refractivity contribution is -0.149. The largest absolute Gasteiger partial charge is 0.381 e. The monoisotopic (exact) mass is 502 g/mol. The summed E-state index contributed by atoms with van der Waals surface area (Å²) >= 11 is 0. The number of alkyl halides is 1. The molecular formula is C23H26F4N2O4S. The van der Waals surface area contributed by atoms with E-state index in [4.69, 9.17) is 0 Å². The maximum absolute atomic E-state index is 15.5. The smallest absolute Gasteiger partial charge is 0.254 e. The topological polar surface area (TPSA) is 86.7 Å². The summed E-state index contributed by atoms with van der Waals surface area (Å²) in [6.07, 6.45) is 0.506. The van der Waals surface area contributed by atoms with Crippen LogP contribution in [-0.2, 0) is 21.2 Å². The molecule has 2 aromatic carbocycles. The van der Waals surface area contributed by atoms with Crippen LogP contribution in [0.3, 0.4) is 0 Å². The van der Waals surface area contributed by atoms with Crippen molar-refractivity contribution in [2.24, 2.45) is 0 Å². The number of halogens is 4. The summed E-state index contributed by atoms with van der Waals surface area (Å²) in [6.45, 7) is 2.99. The van der Waals surface area contributed by atoms with Crippen LogP contribution in [0.15, 0.2) is 36.4 Å². The van der Waals surface area contributed by atoms with Gasteiger partial charge in [0, 0.05) is 11.6 Å². The first kappa shape index (κ1) is 26.1. The van der Waals surface area contributed by atoms with E-state index in [1.165, 1.54) is 32.0 Å². The fraction of sp³-hybridized carbons (Fsp3) is 0.435. The molecule has 2 aromatic rings. The Balaban J connectivity index is 2.08. The van der Waals surface area contributed by atoms with Crippen molar-refractivity contribution in [3.63, 3.8) is 0 Å². The highest BCUT2D eigenvalue weighted by Gasteiger charge is 2.54. The summed E-state index contributed by atoms with van der Waals surface area (Å²) in [7, 11) is -3.93. The van der Waals surface area contributed by atoms with E-state index in [2.05, 4.69) is 4.72 Å². The van der Waals surface area contributed by atoms with Crippen LogP contribution in [0.2, 0.25) is 0 Å². The van der Waals surface area contributed by atoms with Gasteiger partial charge < -0.3 is 10.0 Å². The number of nitrogens with one attached hydrogen (secondary N) is 1. The minimum absolute atomic E-state index is 0.0290. The SMILES string of the molecule is CC(C)(O)C(=O)N1C[C@@](C)(F)[C@H](NS(C)(=O)=O)[C@@H]1Cc1cccc(-c2cc(F)cc(F)c2)c1F. The number of sulfonamides is 1. The second kappa shape index (κ2) is 8.94. The summed E-state index contributed by atoms with van der Waals surface area (Å²) in [6, 6.07) is 4.02. The van der Waals surface area contributed by atoms with E-state index < -0.39 is 63.3 Å². The van der Waals surface area contributed by atoms with Crippen LogP contribution in [0.1, 0.15) is 26.3 Å². The third-order valence-electron chi connectivity index (χ3n) is 5.72. The number of hydrogen-bond acceptors (Lipinski definition) is 4. The zero-order chi connectivity index (χ0) is 25.6. The van der Waals surface area contributed by atoms with Crippen LogP contribution in [0, 0.1) is 17.5 Å². The van der Waals surface area contributed by atoms with E-state index in [-0.39, 0.29) is 23.1 Å². The maximum atomic E-state index is 15.5. The molecule has 1 heterocycles. The van der Waals surface area contributed by atoms with Gasteiger partial charge >= 0.3 is 0 Å². The Kier molecular flexibility index (Phi) is 6.86. The van der Waals surface area contributed by atoms with Crippen LogP contribution >= 0.6 is 0 Å². The van der Waals surface area contributed by atoms with Crippen molar-refractivity contribution in [1.82, 2.24) is 9.62 Å². The van der Waals surface area contributed by atoms with Crippen molar-refractivity contribution in [2.45, 2.75) is 50.5 Å². The van der Waals surface area contributed by atoms with Gasteiger partial charge in [0.15, 0.2) is 0 Å². The molecule has 0 spiro atoms. The van der Waals surface area contributed by atoms with Gasteiger partial charge in [-0.25, -0.2) is 30.7 Å². The third-order valence-corrected chi connectivity index (χ3v) is 6.40. The molecule has 0 aromatic heterocycles. The maximum Gasteiger partial charge on any atom is 0.254 e. The summed E-state index contributed by atoms with van der Waals surface area (Å²) in [4.78, 5) is 13.9. The molecule has 1 fully saturated rings. The predicted octanol–water partition coefficient (Wildman–Crippen LogP) is 2.94. The van der Waals surface area contributed by atoms with Crippen LogP contribution in [0.25, 0.3) is 11.1 Å². The lowest BCUT2D eigenvalue weighted by Gasteiger charge is -2.32. The van der Waals surface area contributed by atoms with Crippen molar-refractivity contribution in [2.75, 3.05) is 12.8 Å². The molecule has 6 nitrogen and oxygen atoms in total. The lowest BCUT2D eigenvalue weighted by atomic mass is 9.92. The number of likely N-dealkylation sites (tertiary alicyclic amines) is 1. The van der Waals surface area contributed by atoms with E-state index in [0.29, 0.717) is 6.07 Å². The number of hydrogen-bond donors (Lipinski definition) is 2. The van der Waals surface area contributed by atoms with Gasteiger partial charge in [0.25, 0.3) is 5.91 Å². The van der Waals surface area contributed by atoms with E-state index in [0.717, 1.165) is 30.2 Å². The molecule has 34 heavy (non-hydrogen) atoms. The Labute approximate surface area is 195 Å². The van der Waals surface area contributed by atoms with Crippen molar-refractivity contribution < 1.29 is 35.9 Å². The first-order valence-corrected chi connectivity index (χ1v) is 12.3.